The van der Waals surface area contributed by atoms with Crippen molar-refractivity contribution in [3.63, 3.8) is 0 Å². The quantitative estimate of drug-likeness (QED) is 0.347. The molecule has 2 aliphatic heterocycles. The highest BCUT2D eigenvalue weighted by atomic mass is 16.8. The molecule has 0 radical (unpaired) electrons. The second kappa shape index (κ2) is 5.55. The largest absolute Gasteiger partial charge is 0.457 e. The molecule has 0 aromatic heterocycles. The Morgan fingerprint density at radius 1 is 1.55 bits per heavy atom. The minimum absolute atomic E-state index is 0.435. The van der Waals surface area contributed by atoms with Gasteiger partial charge in [-0.3, -0.25) is 4.79 Å². The third-order valence-corrected chi connectivity index (χ3v) is 3.10. The molecule has 20 heavy (non-hydrogen) atoms. The summed E-state index contributed by atoms with van der Waals surface area (Å²) in [6, 6.07) is -0.884. The number of esters is 1. The zero-order valence-corrected chi connectivity index (χ0v) is 11.4. The van der Waals surface area contributed by atoms with Crippen molar-refractivity contribution in [1.82, 2.24) is 0 Å². The summed E-state index contributed by atoms with van der Waals surface area (Å²) < 4.78 is 22.0. The van der Waals surface area contributed by atoms with Gasteiger partial charge in [-0.1, -0.05) is 5.11 Å². The van der Waals surface area contributed by atoms with Crippen LogP contribution in [-0.4, -0.2) is 54.1 Å². The molecule has 0 aromatic carbocycles. The van der Waals surface area contributed by atoms with Gasteiger partial charge in [-0.05, 0) is 19.4 Å². The molecule has 9 nitrogen and oxygen atoms in total. The van der Waals surface area contributed by atoms with Gasteiger partial charge in [0.2, 0.25) is 0 Å². The Hall–Kier alpha value is -1.38. The molecule has 2 aliphatic rings. The predicted molar refractivity (Wildman–Crippen MR) is 64.3 cm³/mol. The topological polar surface area (TPSA) is 123 Å². The van der Waals surface area contributed by atoms with Crippen molar-refractivity contribution in [2.45, 2.75) is 57.2 Å². The average Bonchev–Trinajstić information content (AvgIpc) is 2.80. The molecule has 1 N–H and O–H groups in total. The van der Waals surface area contributed by atoms with Crippen molar-refractivity contribution >= 4 is 5.97 Å². The van der Waals surface area contributed by atoms with E-state index in [9.17, 15) is 9.90 Å². The summed E-state index contributed by atoms with van der Waals surface area (Å²) in [5, 5.41) is 12.7. The molecule has 0 aliphatic carbocycles. The molecule has 2 heterocycles. The van der Waals surface area contributed by atoms with Crippen molar-refractivity contribution in [3.8, 4) is 0 Å². The van der Waals surface area contributed by atoms with Crippen molar-refractivity contribution in [2.75, 3.05) is 6.61 Å². The van der Waals surface area contributed by atoms with E-state index in [1.165, 1.54) is 6.92 Å². The third kappa shape index (κ3) is 2.87. The summed E-state index contributed by atoms with van der Waals surface area (Å²) in [6.45, 7) is 4.25. The lowest BCUT2D eigenvalue weighted by Gasteiger charge is -2.27. The Kier molecular flexibility index (Phi) is 4.17. The maximum absolute atomic E-state index is 11.2. The summed E-state index contributed by atoms with van der Waals surface area (Å²) in [7, 11) is 0. The summed E-state index contributed by atoms with van der Waals surface area (Å²) in [5.41, 5.74) is 8.50. The molecule has 0 unspecified atom stereocenters. The van der Waals surface area contributed by atoms with Gasteiger partial charge in [0.1, 0.15) is 6.10 Å². The van der Waals surface area contributed by atoms with Gasteiger partial charge in [-0.25, -0.2) is 0 Å². The van der Waals surface area contributed by atoms with Gasteiger partial charge < -0.3 is 24.1 Å². The van der Waals surface area contributed by atoms with Crippen LogP contribution in [0.5, 0.6) is 0 Å². The molecule has 0 spiro atoms. The molecular weight excluding hydrogens is 270 g/mol. The number of fused-ring (bicyclic) bond motifs is 1. The lowest BCUT2D eigenvalue weighted by Crippen LogP contribution is -2.44. The summed E-state index contributed by atoms with van der Waals surface area (Å²) in [5.74, 6) is -1.37. The molecule has 0 amide bonds. The first-order valence-electron chi connectivity index (χ1n) is 6.21. The van der Waals surface area contributed by atoms with E-state index in [0.717, 1.165) is 0 Å². The molecule has 0 bridgehead atoms. The van der Waals surface area contributed by atoms with Crippen LogP contribution in [0.15, 0.2) is 5.11 Å². The molecule has 0 saturated carbocycles. The number of hydrogen-bond donors (Lipinski definition) is 1. The minimum atomic E-state index is -0.884. The molecule has 2 fully saturated rings. The van der Waals surface area contributed by atoms with E-state index in [4.69, 9.17) is 24.5 Å². The lowest BCUT2D eigenvalue weighted by atomic mass is 10.0. The number of nitrogens with zero attached hydrogens (tertiary/aromatic N) is 3. The van der Waals surface area contributed by atoms with E-state index in [1.54, 1.807) is 13.8 Å². The highest BCUT2D eigenvalue weighted by Gasteiger charge is 2.57. The molecule has 2 rings (SSSR count). The van der Waals surface area contributed by atoms with Gasteiger partial charge in [-0.15, -0.1) is 0 Å². The number of azide groups is 1. The van der Waals surface area contributed by atoms with Crippen molar-refractivity contribution in [3.05, 3.63) is 10.4 Å². The van der Waals surface area contributed by atoms with E-state index < -0.39 is 49.0 Å². The fourth-order valence-corrected chi connectivity index (χ4v) is 2.41. The second-order valence-corrected chi connectivity index (χ2v) is 5.10. The Balaban J connectivity index is 2.21. The van der Waals surface area contributed by atoms with Crippen molar-refractivity contribution in [2.24, 2.45) is 5.11 Å². The Morgan fingerprint density at radius 3 is 2.80 bits per heavy atom. The number of aliphatic hydroxyl groups is 1. The van der Waals surface area contributed by atoms with Gasteiger partial charge >= 0.3 is 5.97 Å². The van der Waals surface area contributed by atoms with Crippen LogP contribution in [0.3, 0.4) is 0 Å². The van der Waals surface area contributed by atoms with Crippen molar-refractivity contribution in [1.29, 1.82) is 0 Å². The normalized spacial score (nSPS) is 36.0. The van der Waals surface area contributed by atoms with E-state index in [0.29, 0.717) is 0 Å². The number of rotatable bonds is 4. The fourth-order valence-electron chi connectivity index (χ4n) is 2.41. The first kappa shape index (κ1) is 15.0. The van der Waals surface area contributed by atoms with Gasteiger partial charge in [0.05, 0.1) is 12.6 Å². The highest BCUT2D eigenvalue weighted by Crippen LogP contribution is 2.40. The predicted octanol–water partition coefficient (Wildman–Crippen LogP) is 0.466. The molecular formula is C11H17N3O6. The van der Waals surface area contributed by atoms with Crippen molar-refractivity contribution < 1.29 is 28.8 Å². The lowest BCUT2D eigenvalue weighted by molar-refractivity contribution is -0.221. The molecule has 5 atom stereocenters. The SMILES string of the molecule is CC(=O)O[C@H]1[C@H]([C@@H](CO)N=[N+]=[N-])O[C@@H]2OC(C)(C)O[C@@H]21. The Morgan fingerprint density at radius 2 is 2.25 bits per heavy atom. The Bertz CT molecular complexity index is 436. The van der Waals surface area contributed by atoms with Crippen LogP contribution < -0.4 is 0 Å². The average molecular weight is 287 g/mol. The monoisotopic (exact) mass is 287 g/mol. The van der Waals surface area contributed by atoms with Crippen LogP contribution >= 0.6 is 0 Å². The molecule has 112 valence electrons. The van der Waals surface area contributed by atoms with E-state index in [2.05, 4.69) is 10.0 Å². The van der Waals surface area contributed by atoms with Crippen LogP contribution in [0, 0.1) is 0 Å². The molecule has 2 saturated heterocycles. The maximum Gasteiger partial charge on any atom is 0.303 e. The second-order valence-electron chi connectivity index (χ2n) is 5.10. The zero-order valence-electron chi connectivity index (χ0n) is 11.4. The van der Waals surface area contributed by atoms with Crippen LogP contribution in [0.1, 0.15) is 20.8 Å². The molecule has 9 heteroatoms. The minimum Gasteiger partial charge on any atom is -0.457 e. The van der Waals surface area contributed by atoms with Crippen LogP contribution in [0.25, 0.3) is 10.4 Å². The van der Waals surface area contributed by atoms with Gasteiger partial charge in [0.25, 0.3) is 0 Å². The smallest absolute Gasteiger partial charge is 0.303 e. The number of carbonyl (C=O) groups excluding carboxylic acids is 1. The highest BCUT2D eigenvalue weighted by molar-refractivity contribution is 5.66. The van der Waals surface area contributed by atoms with Gasteiger partial charge in [0.15, 0.2) is 24.3 Å². The summed E-state index contributed by atoms with van der Waals surface area (Å²) in [6.07, 6.45) is -2.98. The first-order chi connectivity index (χ1) is 9.38. The number of hydrogen-bond acceptors (Lipinski definition) is 7. The fraction of sp³-hybridized carbons (Fsp3) is 0.909. The van der Waals surface area contributed by atoms with Crippen LogP contribution in [0.2, 0.25) is 0 Å². The summed E-state index contributed by atoms with van der Waals surface area (Å²) >= 11 is 0. The van der Waals surface area contributed by atoms with Gasteiger partial charge in [0, 0.05) is 11.8 Å². The maximum atomic E-state index is 11.2. The van der Waals surface area contributed by atoms with Crippen LogP contribution in [-0.2, 0) is 23.7 Å². The van der Waals surface area contributed by atoms with Gasteiger partial charge in [-0.2, -0.15) is 0 Å². The standard InChI is InChI=1S/C11H17N3O6/c1-5(16)17-8-7(6(4-15)13-14-12)18-10-9(8)19-11(2,3)20-10/h6-10,15H,4H2,1-3H3/t6-,7+,8+,9-,10-/m1/s1. The zero-order chi connectivity index (χ0) is 14.9. The number of carbonyl (C=O) groups is 1. The van der Waals surface area contributed by atoms with E-state index in [1.807, 2.05) is 0 Å². The Labute approximate surface area is 115 Å². The molecule has 0 aromatic rings. The number of ether oxygens (including phenoxy) is 4. The number of aliphatic hydroxyl groups excluding tert-OH is 1. The van der Waals surface area contributed by atoms with Crippen LogP contribution in [0.4, 0.5) is 0 Å². The van der Waals surface area contributed by atoms with E-state index >= 15 is 0 Å². The summed E-state index contributed by atoms with van der Waals surface area (Å²) in [4.78, 5) is 13.9. The van der Waals surface area contributed by atoms with E-state index in [-0.39, 0.29) is 0 Å². The first-order valence-corrected chi connectivity index (χ1v) is 6.21. The third-order valence-electron chi connectivity index (χ3n) is 3.10.